The molecule has 4 nitrogen and oxygen atoms in total. The lowest BCUT2D eigenvalue weighted by molar-refractivity contribution is -0.117. The predicted octanol–water partition coefficient (Wildman–Crippen LogP) is 2.22. The molecule has 1 aromatic carbocycles. The Morgan fingerprint density at radius 1 is 1.40 bits per heavy atom. The first-order chi connectivity index (χ1) is 9.58. The molecule has 110 valence electrons. The van der Waals surface area contributed by atoms with E-state index in [0.29, 0.717) is 12.6 Å². The molecule has 20 heavy (non-hydrogen) atoms. The van der Waals surface area contributed by atoms with Gasteiger partial charge >= 0.3 is 0 Å². The van der Waals surface area contributed by atoms with Crippen molar-refractivity contribution in [1.29, 1.82) is 0 Å². The van der Waals surface area contributed by atoms with Crippen LogP contribution in [-0.4, -0.2) is 43.5 Å². The molecule has 1 saturated heterocycles. The van der Waals surface area contributed by atoms with Crippen molar-refractivity contribution in [1.82, 2.24) is 10.2 Å². The minimum atomic E-state index is 0.0808. The number of hydrogen-bond donors (Lipinski definition) is 2. The Balaban J connectivity index is 1.84. The van der Waals surface area contributed by atoms with E-state index in [1.165, 1.54) is 3.57 Å². The van der Waals surface area contributed by atoms with Gasteiger partial charge in [0.1, 0.15) is 0 Å². The number of amides is 1. The number of likely N-dealkylation sites (tertiary alicyclic amines) is 1. The van der Waals surface area contributed by atoms with E-state index >= 15 is 0 Å². The van der Waals surface area contributed by atoms with Crippen LogP contribution in [0.2, 0.25) is 0 Å². The predicted molar refractivity (Wildman–Crippen MR) is 91.0 cm³/mol. The molecule has 1 fully saturated rings. The fourth-order valence-electron chi connectivity index (χ4n) is 2.54. The lowest BCUT2D eigenvalue weighted by Crippen LogP contribution is -2.44. The summed E-state index contributed by atoms with van der Waals surface area (Å²) in [6.45, 7) is 4.49. The molecule has 2 rings (SSSR count). The second-order valence-corrected chi connectivity index (χ2v) is 6.59. The summed E-state index contributed by atoms with van der Waals surface area (Å²) in [4.78, 5) is 14.3. The Bertz CT molecular complexity index is 470. The Kier molecular flexibility index (Phi) is 5.80. The van der Waals surface area contributed by atoms with Crippen LogP contribution in [0.4, 0.5) is 5.69 Å². The number of carbonyl (C=O) groups is 1. The Hall–Kier alpha value is -0.660. The third kappa shape index (κ3) is 4.43. The minimum absolute atomic E-state index is 0.0808. The van der Waals surface area contributed by atoms with E-state index in [1.807, 2.05) is 26.1 Å². The van der Waals surface area contributed by atoms with E-state index in [0.717, 1.165) is 37.2 Å². The van der Waals surface area contributed by atoms with Crippen LogP contribution in [0.15, 0.2) is 18.2 Å². The lowest BCUT2D eigenvalue weighted by atomic mass is 10.1. The van der Waals surface area contributed by atoms with Gasteiger partial charge in [0, 0.05) is 28.4 Å². The number of piperidine rings is 1. The monoisotopic (exact) mass is 387 g/mol. The zero-order valence-corrected chi connectivity index (χ0v) is 14.2. The van der Waals surface area contributed by atoms with Crippen LogP contribution in [-0.2, 0) is 4.79 Å². The standard InChI is InChI=1S/C15H22IN3O/c1-11-9-12(16)3-4-14(11)18-15(20)10-19-7-5-13(17-2)6-8-19/h3-4,9,13,17H,5-8,10H2,1-2H3,(H,18,20). The molecule has 0 aromatic heterocycles. The number of nitrogens with zero attached hydrogens (tertiary/aromatic N) is 1. The summed E-state index contributed by atoms with van der Waals surface area (Å²) >= 11 is 2.28. The van der Waals surface area contributed by atoms with E-state index in [9.17, 15) is 4.79 Å². The van der Waals surface area contributed by atoms with Gasteiger partial charge in [-0.25, -0.2) is 0 Å². The molecular weight excluding hydrogens is 365 g/mol. The van der Waals surface area contributed by atoms with Gasteiger partial charge in [-0.15, -0.1) is 0 Å². The second-order valence-electron chi connectivity index (χ2n) is 5.35. The molecule has 1 amide bonds. The molecule has 0 atom stereocenters. The normalized spacial score (nSPS) is 17.1. The zero-order valence-electron chi connectivity index (χ0n) is 12.1. The summed E-state index contributed by atoms with van der Waals surface area (Å²) < 4.78 is 1.19. The number of benzene rings is 1. The summed E-state index contributed by atoms with van der Waals surface area (Å²) in [6.07, 6.45) is 2.23. The van der Waals surface area contributed by atoms with Gasteiger partial charge in [-0.2, -0.15) is 0 Å². The van der Waals surface area contributed by atoms with E-state index in [-0.39, 0.29) is 5.91 Å². The topological polar surface area (TPSA) is 44.4 Å². The molecule has 0 aliphatic carbocycles. The maximum Gasteiger partial charge on any atom is 0.238 e. The quantitative estimate of drug-likeness (QED) is 0.779. The van der Waals surface area contributed by atoms with Gasteiger partial charge in [-0.3, -0.25) is 9.69 Å². The van der Waals surface area contributed by atoms with Gasteiger partial charge in [0.05, 0.1) is 6.54 Å². The molecule has 1 heterocycles. The van der Waals surface area contributed by atoms with Gasteiger partial charge in [0.15, 0.2) is 0 Å². The highest BCUT2D eigenvalue weighted by atomic mass is 127. The van der Waals surface area contributed by atoms with Gasteiger partial charge in [0.2, 0.25) is 5.91 Å². The van der Waals surface area contributed by atoms with Crippen LogP contribution >= 0.6 is 22.6 Å². The van der Waals surface area contributed by atoms with Crippen LogP contribution in [0, 0.1) is 10.5 Å². The first kappa shape index (κ1) is 15.7. The average Bonchev–Trinajstić information content (AvgIpc) is 2.43. The first-order valence-corrected chi connectivity index (χ1v) is 8.12. The summed E-state index contributed by atoms with van der Waals surface area (Å²) in [5.74, 6) is 0.0808. The number of anilines is 1. The molecule has 1 aliphatic rings. The van der Waals surface area contributed by atoms with Crippen molar-refractivity contribution in [2.75, 3.05) is 32.0 Å². The summed E-state index contributed by atoms with van der Waals surface area (Å²) in [5.41, 5.74) is 2.03. The van der Waals surface area contributed by atoms with Crippen molar-refractivity contribution in [3.05, 3.63) is 27.3 Å². The van der Waals surface area contributed by atoms with Gasteiger partial charge < -0.3 is 10.6 Å². The largest absolute Gasteiger partial charge is 0.325 e. The van der Waals surface area contributed by atoms with Gasteiger partial charge in [-0.1, -0.05) is 0 Å². The van der Waals surface area contributed by atoms with Crippen molar-refractivity contribution in [3.8, 4) is 0 Å². The summed E-state index contributed by atoms with van der Waals surface area (Å²) in [5, 5.41) is 6.31. The highest BCUT2D eigenvalue weighted by Crippen LogP contribution is 2.18. The number of nitrogens with one attached hydrogen (secondary N) is 2. The van der Waals surface area contributed by atoms with Crippen molar-refractivity contribution >= 4 is 34.2 Å². The Morgan fingerprint density at radius 2 is 2.10 bits per heavy atom. The molecule has 1 aliphatic heterocycles. The third-order valence-electron chi connectivity index (χ3n) is 3.83. The zero-order chi connectivity index (χ0) is 14.5. The highest BCUT2D eigenvalue weighted by molar-refractivity contribution is 14.1. The molecule has 2 N–H and O–H groups in total. The van der Waals surface area contributed by atoms with Gasteiger partial charge in [0.25, 0.3) is 0 Å². The number of carbonyl (C=O) groups excluding carboxylic acids is 1. The fourth-order valence-corrected chi connectivity index (χ4v) is 3.19. The van der Waals surface area contributed by atoms with Crippen molar-refractivity contribution in [2.24, 2.45) is 0 Å². The minimum Gasteiger partial charge on any atom is -0.325 e. The molecular formula is C15H22IN3O. The second kappa shape index (κ2) is 7.38. The van der Waals surface area contributed by atoms with Crippen LogP contribution < -0.4 is 10.6 Å². The maximum atomic E-state index is 12.1. The van der Waals surface area contributed by atoms with Crippen molar-refractivity contribution in [3.63, 3.8) is 0 Å². The SMILES string of the molecule is CNC1CCN(CC(=O)Nc2ccc(I)cc2C)CC1. The molecule has 0 bridgehead atoms. The lowest BCUT2D eigenvalue weighted by Gasteiger charge is -2.31. The number of rotatable bonds is 4. The van der Waals surface area contributed by atoms with E-state index in [4.69, 9.17) is 0 Å². The number of hydrogen-bond acceptors (Lipinski definition) is 3. The van der Waals surface area contributed by atoms with Crippen LogP contribution in [0.1, 0.15) is 18.4 Å². The molecule has 0 radical (unpaired) electrons. The molecule has 5 heteroatoms. The number of aryl methyl sites for hydroxylation is 1. The Morgan fingerprint density at radius 3 is 2.70 bits per heavy atom. The smallest absolute Gasteiger partial charge is 0.238 e. The summed E-state index contributed by atoms with van der Waals surface area (Å²) in [6, 6.07) is 6.67. The molecule has 0 unspecified atom stereocenters. The van der Waals surface area contributed by atoms with Crippen molar-refractivity contribution in [2.45, 2.75) is 25.8 Å². The van der Waals surface area contributed by atoms with Crippen LogP contribution in [0.25, 0.3) is 0 Å². The summed E-state index contributed by atoms with van der Waals surface area (Å²) in [7, 11) is 2.01. The maximum absolute atomic E-state index is 12.1. The number of halogens is 1. The molecule has 0 spiro atoms. The Labute approximate surface area is 134 Å². The average molecular weight is 387 g/mol. The fraction of sp³-hybridized carbons (Fsp3) is 0.533. The third-order valence-corrected chi connectivity index (χ3v) is 4.50. The van der Waals surface area contributed by atoms with E-state index in [2.05, 4.69) is 44.2 Å². The van der Waals surface area contributed by atoms with E-state index < -0.39 is 0 Å². The molecule has 0 saturated carbocycles. The highest BCUT2D eigenvalue weighted by Gasteiger charge is 2.19. The first-order valence-electron chi connectivity index (χ1n) is 7.04. The molecule has 1 aromatic rings. The van der Waals surface area contributed by atoms with Crippen molar-refractivity contribution < 1.29 is 4.79 Å². The van der Waals surface area contributed by atoms with Crippen LogP contribution in [0.5, 0.6) is 0 Å². The van der Waals surface area contributed by atoms with E-state index in [1.54, 1.807) is 0 Å². The van der Waals surface area contributed by atoms with Crippen LogP contribution in [0.3, 0.4) is 0 Å². The van der Waals surface area contributed by atoms with Gasteiger partial charge in [-0.05, 0) is 73.2 Å².